The first-order valence-electron chi connectivity index (χ1n) is 7.22. The number of urea groups is 1. The maximum atomic E-state index is 11.9. The lowest BCUT2D eigenvalue weighted by molar-refractivity contribution is -0.114. The maximum Gasteiger partial charge on any atom is 0.323 e. The average molecular weight is 313 g/mol. The van der Waals surface area contributed by atoms with E-state index in [4.69, 9.17) is 5.11 Å². The molecule has 0 atom stereocenters. The molecule has 23 heavy (non-hydrogen) atoms. The number of carbonyl (C=O) groups is 2. The minimum atomic E-state index is -0.354. The van der Waals surface area contributed by atoms with E-state index in [1.807, 2.05) is 12.1 Å². The molecule has 0 aromatic heterocycles. The predicted molar refractivity (Wildman–Crippen MR) is 90.6 cm³/mol. The van der Waals surface area contributed by atoms with Gasteiger partial charge in [0.15, 0.2) is 0 Å². The van der Waals surface area contributed by atoms with Gasteiger partial charge in [-0.15, -0.1) is 0 Å². The van der Waals surface area contributed by atoms with Crippen molar-refractivity contribution in [1.29, 1.82) is 0 Å². The summed E-state index contributed by atoms with van der Waals surface area (Å²) in [6, 6.07) is 13.7. The van der Waals surface area contributed by atoms with Crippen LogP contribution in [0.1, 0.15) is 12.5 Å². The van der Waals surface area contributed by atoms with E-state index in [0.29, 0.717) is 23.5 Å². The lowest BCUT2D eigenvalue weighted by Gasteiger charge is -2.09. The van der Waals surface area contributed by atoms with Crippen molar-refractivity contribution in [3.63, 3.8) is 0 Å². The number of nitrogens with one attached hydrogen (secondary N) is 3. The zero-order chi connectivity index (χ0) is 16.7. The van der Waals surface area contributed by atoms with Crippen molar-refractivity contribution in [1.82, 2.24) is 0 Å². The summed E-state index contributed by atoms with van der Waals surface area (Å²) in [5.41, 5.74) is 2.96. The molecule has 4 N–H and O–H groups in total. The Balaban J connectivity index is 1.90. The standard InChI is InChI=1S/C17H19N3O3/c1-12(22)18-14-6-8-16(9-7-14)20-17(23)19-15-4-2-13(3-5-15)10-11-21/h2-9,21H,10-11H2,1H3,(H,18,22)(H2,19,20,23). The van der Waals surface area contributed by atoms with Gasteiger partial charge in [-0.3, -0.25) is 4.79 Å². The van der Waals surface area contributed by atoms with Gasteiger partial charge >= 0.3 is 6.03 Å². The third kappa shape index (κ3) is 5.44. The molecule has 0 saturated heterocycles. The molecule has 120 valence electrons. The molecule has 0 saturated carbocycles. The molecule has 0 aliphatic rings. The van der Waals surface area contributed by atoms with Crippen molar-refractivity contribution < 1.29 is 14.7 Å². The molecule has 0 unspecified atom stereocenters. The SMILES string of the molecule is CC(=O)Nc1ccc(NC(=O)Nc2ccc(CCO)cc2)cc1. The number of hydrogen-bond acceptors (Lipinski definition) is 3. The van der Waals surface area contributed by atoms with Gasteiger partial charge in [0, 0.05) is 30.6 Å². The second-order valence-electron chi connectivity index (χ2n) is 5.01. The lowest BCUT2D eigenvalue weighted by atomic mass is 10.1. The number of amides is 3. The number of benzene rings is 2. The monoisotopic (exact) mass is 313 g/mol. The van der Waals surface area contributed by atoms with Crippen LogP contribution >= 0.6 is 0 Å². The van der Waals surface area contributed by atoms with Crippen LogP contribution < -0.4 is 16.0 Å². The first-order valence-corrected chi connectivity index (χ1v) is 7.22. The summed E-state index contributed by atoms with van der Waals surface area (Å²) in [5.74, 6) is -0.145. The Bertz CT molecular complexity index is 666. The fourth-order valence-corrected chi connectivity index (χ4v) is 2.02. The summed E-state index contributed by atoms with van der Waals surface area (Å²) >= 11 is 0. The second-order valence-corrected chi connectivity index (χ2v) is 5.01. The quantitative estimate of drug-likeness (QED) is 0.684. The van der Waals surface area contributed by atoms with Crippen LogP contribution in [0.25, 0.3) is 0 Å². The summed E-state index contributed by atoms with van der Waals surface area (Å²) < 4.78 is 0. The van der Waals surface area contributed by atoms with Gasteiger partial charge in [0.25, 0.3) is 0 Å². The highest BCUT2D eigenvalue weighted by Gasteiger charge is 2.03. The molecule has 2 aromatic carbocycles. The van der Waals surface area contributed by atoms with Gasteiger partial charge in [-0.25, -0.2) is 4.79 Å². The number of aliphatic hydroxyl groups is 1. The second kappa shape index (κ2) is 7.95. The minimum absolute atomic E-state index is 0.0990. The lowest BCUT2D eigenvalue weighted by Crippen LogP contribution is -2.19. The molecule has 0 spiro atoms. The van der Waals surface area contributed by atoms with E-state index < -0.39 is 0 Å². The topological polar surface area (TPSA) is 90.5 Å². The number of hydrogen-bond donors (Lipinski definition) is 4. The molecule has 2 rings (SSSR count). The number of rotatable bonds is 5. The summed E-state index contributed by atoms with van der Waals surface area (Å²) in [6.45, 7) is 1.53. The molecule has 3 amide bonds. The van der Waals surface area contributed by atoms with Crippen molar-refractivity contribution in [2.75, 3.05) is 22.6 Å². The van der Waals surface area contributed by atoms with Crippen LogP contribution in [0.4, 0.5) is 21.9 Å². The smallest absolute Gasteiger partial charge is 0.323 e. The van der Waals surface area contributed by atoms with Crippen LogP contribution in [0, 0.1) is 0 Å². The first-order chi connectivity index (χ1) is 11.1. The zero-order valence-electron chi connectivity index (χ0n) is 12.8. The van der Waals surface area contributed by atoms with Crippen molar-refractivity contribution in [2.24, 2.45) is 0 Å². The zero-order valence-corrected chi connectivity index (χ0v) is 12.8. The molecule has 0 aliphatic carbocycles. The van der Waals surface area contributed by atoms with Gasteiger partial charge in [0.1, 0.15) is 0 Å². The normalized spacial score (nSPS) is 10.0. The fraction of sp³-hybridized carbons (Fsp3) is 0.176. The highest BCUT2D eigenvalue weighted by molar-refractivity contribution is 6.00. The van der Waals surface area contributed by atoms with Crippen LogP contribution in [-0.4, -0.2) is 23.7 Å². The van der Waals surface area contributed by atoms with Gasteiger partial charge in [-0.1, -0.05) is 12.1 Å². The summed E-state index contributed by atoms with van der Waals surface area (Å²) in [7, 11) is 0. The van der Waals surface area contributed by atoms with Gasteiger partial charge in [-0.05, 0) is 48.4 Å². The van der Waals surface area contributed by atoms with Crippen molar-refractivity contribution in [3.05, 3.63) is 54.1 Å². The third-order valence-corrected chi connectivity index (χ3v) is 3.08. The summed E-state index contributed by atoms with van der Waals surface area (Å²) in [6.07, 6.45) is 0.590. The first kappa shape index (κ1) is 16.5. The molecule has 0 aliphatic heterocycles. The molecule has 2 aromatic rings. The minimum Gasteiger partial charge on any atom is -0.396 e. The van der Waals surface area contributed by atoms with Crippen LogP contribution in [0.5, 0.6) is 0 Å². The Labute approximate surface area is 134 Å². The van der Waals surface area contributed by atoms with E-state index in [0.717, 1.165) is 5.56 Å². The van der Waals surface area contributed by atoms with Gasteiger partial charge in [0.05, 0.1) is 0 Å². The van der Waals surface area contributed by atoms with Crippen molar-refractivity contribution in [3.8, 4) is 0 Å². The largest absolute Gasteiger partial charge is 0.396 e. The van der Waals surface area contributed by atoms with Gasteiger partial charge in [0.2, 0.25) is 5.91 Å². The number of aliphatic hydroxyl groups excluding tert-OH is 1. The molecule has 0 fully saturated rings. The van der Waals surface area contributed by atoms with Gasteiger partial charge in [-0.2, -0.15) is 0 Å². The molecular formula is C17H19N3O3. The number of carbonyl (C=O) groups excluding carboxylic acids is 2. The molecular weight excluding hydrogens is 294 g/mol. The van der Waals surface area contributed by atoms with E-state index in [9.17, 15) is 9.59 Å². The van der Waals surface area contributed by atoms with Gasteiger partial charge < -0.3 is 21.1 Å². The molecule has 0 radical (unpaired) electrons. The van der Waals surface area contributed by atoms with Crippen LogP contribution in [0.2, 0.25) is 0 Å². The Kier molecular flexibility index (Phi) is 5.71. The predicted octanol–water partition coefficient (Wildman–Crippen LogP) is 2.82. The number of anilines is 3. The maximum absolute atomic E-state index is 11.9. The Morgan fingerprint density at radius 1 is 0.826 bits per heavy atom. The molecule has 6 heteroatoms. The van der Waals surface area contributed by atoms with Crippen LogP contribution in [0.15, 0.2) is 48.5 Å². The van der Waals surface area contributed by atoms with E-state index in [1.54, 1.807) is 36.4 Å². The molecule has 0 bridgehead atoms. The van der Waals surface area contributed by atoms with Crippen molar-refractivity contribution in [2.45, 2.75) is 13.3 Å². The average Bonchev–Trinajstić information content (AvgIpc) is 2.51. The highest BCUT2D eigenvalue weighted by atomic mass is 16.3. The van der Waals surface area contributed by atoms with Crippen LogP contribution in [-0.2, 0) is 11.2 Å². The van der Waals surface area contributed by atoms with E-state index >= 15 is 0 Å². The van der Waals surface area contributed by atoms with Crippen molar-refractivity contribution >= 4 is 29.0 Å². The fourth-order valence-electron chi connectivity index (χ4n) is 2.02. The molecule has 6 nitrogen and oxygen atoms in total. The Morgan fingerprint density at radius 2 is 1.26 bits per heavy atom. The van der Waals surface area contributed by atoms with E-state index in [2.05, 4.69) is 16.0 Å². The van der Waals surface area contributed by atoms with E-state index in [-0.39, 0.29) is 18.5 Å². The summed E-state index contributed by atoms with van der Waals surface area (Å²) in [4.78, 5) is 22.9. The van der Waals surface area contributed by atoms with Crippen LogP contribution in [0.3, 0.4) is 0 Å². The third-order valence-electron chi connectivity index (χ3n) is 3.08. The Morgan fingerprint density at radius 3 is 1.70 bits per heavy atom. The molecule has 0 heterocycles. The highest BCUT2D eigenvalue weighted by Crippen LogP contribution is 2.15. The van der Waals surface area contributed by atoms with E-state index in [1.165, 1.54) is 6.92 Å². The summed E-state index contributed by atoms with van der Waals surface area (Å²) in [5, 5.41) is 17.0. The Hall–Kier alpha value is -2.86.